The van der Waals surface area contributed by atoms with Crippen LogP contribution in [0.4, 0.5) is 11.4 Å². The average Bonchev–Trinajstić information content (AvgIpc) is 3.29. The van der Waals surface area contributed by atoms with Gasteiger partial charge in [-0.3, -0.25) is 38.4 Å². The highest BCUT2D eigenvalue weighted by Gasteiger charge is 2.28. The summed E-state index contributed by atoms with van der Waals surface area (Å²) in [6.07, 6.45) is 2.87. The molecule has 0 saturated carbocycles. The molecular weight excluding hydrogens is 988 g/mol. The van der Waals surface area contributed by atoms with E-state index < -0.39 is 41.9 Å². The lowest BCUT2D eigenvalue weighted by molar-refractivity contribution is -0.141. The van der Waals surface area contributed by atoms with Crippen LogP contribution in [-0.2, 0) is 71.7 Å². The predicted molar refractivity (Wildman–Crippen MR) is 257 cm³/mol. The van der Waals surface area contributed by atoms with Crippen LogP contribution >= 0.6 is 31.9 Å². The van der Waals surface area contributed by atoms with Crippen molar-refractivity contribution in [1.29, 1.82) is 0 Å². The van der Waals surface area contributed by atoms with Gasteiger partial charge in [0.05, 0.1) is 27.4 Å². The van der Waals surface area contributed by atoms with Gasteiger partial charge in [-0.05, 0) is 97.9 Å². The Morgan fingerprint density at radius 2 is 0.803 bits per heavy atom. The standard InChI is InChI=1S/C23H33Br2N3O5.C23H35N3O7/c1-14(2)21(28-19(29)7-5-6-8-20(30)33-4)23(32)26-15(3)22(31)27-18-10-16(12-24)9-17(11-18)13-25;1-14(2)21(26-19(29)7-5-6-8-20(30)33-4)23(32)24-15(3)22(31)25-18-10-16(12-27)9-17(11-18)13-28/h9-11,14-15,21H,5-8,12-13H2,1-4H3,(H,26,32)(H,27,31)(H,28,29);9-11,14-15,21,27-28H,5-8,12-13H2,1-4H3,(H,24,32)(H,25,31)(H,26,29)/t2*15-,21-/m00/s1. The van der Waals surface area contributed by atoms with Gasteiger partial charge >= 0.3 is 11.9 Å². The summed E-state index contributed by atoms with van der Waals surface area (Å²) < 4.78 is 9.13. The third-order valence-corrected chi connectivity index (χ3v) is 11.2. The van der Waals surface area contributed by atoms with Gasteiger partial charge < -0.3 is 51.6 Å². The zero-order valence-corrected chi connectivity index (χ0v) is 42.3. The second kappa shape index (κ2) is 31.9. The van der Waals surface area contributed by atoms with Gasteiger partial charge in [-0.15, -0.1) is 0 Å². The van der Waals surface area contributed by atoms with Crippen LogP contribution in [0, 0.1) is 11.8 Å². The van der Waals surface area contributed by atoms with Gasteiger partial charge in [-0.25, -0.2) is 0 Å². The van der Waals surface area contributed by atoms with Crippen molar-refractivity contribution in [3.05, 3.63) is 58.7 Å². The van der Waals surface area contributed by atoms with Gasteiger partial charge in [-0.1, -0.05) is 71.7 Å². The summed E-state index contributed by atoms with van der Waals surface area (Å²) >= 11 is 6.84. The van der Waals surface area contributed by atoms with E-state index in [0.29, 0.717) is 58.8 Å². The number of aliphatic hydroxyl groups is 2. The average molecular weight is 1060 g/mol. The molecule has 6 amide bonds. The van der Waals surface area contributed by atoms with Gasteiger partial charge in [0.2, 0.25) is 35.4 Å². The summed E-state index contributed by atoms with van der Waals surface area (Å²) in [6, 6.07) is 7.22. The smallest absolute Gasteiger partial charge is 0.305 e. The van der Waals surface area contributed by atoms with Crippen molar-refractivity contribution in [2.45, 2.75) is 141 Å². The molecule has 368 valence electrons. The number of carbonyl (C=O) groups is 8. The Balaban J connectivity index is 0.000000660. The normalized spacial score (nSPS) is 12.6. The summed E-state index contributed by atoms with van der Waals surface area (Å²) in [5.41, 5.74) is 4.14. The summed E-state index contributed by atoms with van der Waals surface area (Å²) in [7, 11) is 2.63. The molecule has 2 rings (SSSR count). The first kappa shape index (κ1) is 59.1. The second-order valence-electron chi connectivity index (χ2n) is 16.2. The Morgan fingerprint density at radius 3 is 1.11 bits per heavy atom. The van der Waals surface area contributed by atoms with Gasteiger partial charge in [0, 0.05) is 47.7 Å². The number of rotatable bonds is 26. The maximum atomic E-state index is 12.8. The summed E-state index contributed by atoms with van der Waals surface area (Å²) in [4.78, 5) is 97.4. The van der Waals surface area contributed by atoms with Crippen molar-refractivity contribution in [3.8, 4) is 0 Å². The molecule has 0 bridgehead atoms. The van der Waals surface area contributed by atoms with E-state index in [2.05, 4.69) is 73.2 Å². The fourth-order valence-electron chi connectivity index (χ4n) is 6.12. The molecule has 0 aliphatic rings. The molecule has 0 spiro atoms. The Bertz CT molecular complexity index is 1750. The number of halogens is 2. The Hall–Kier alpha value is -4.92. The minimum Gasteiger partial charge on any atom is -0.469 e. The number of nitrogens with one attached hydrogen (secondary N) is 6. The van der Waals surface area contributed by atoms with Gasteiger partial charge in [0.1, 0.15) is 24.2 Å². The van der Waals surface area contributed by atoms with Crippen molar-refractivity contribution in [2.24, 2.45) is 11.8 Å². The molecule has 0 heterocycles. The maximum Gasteiger partial charge on any atom is 0.305 e. The number of unbranched alkanes of at least 4 members (excludes halogenated alkanes) is 2. The van der Waals surface area contributed by atoms with Gasteiger partial charge in [0.15, 0.2) is 0 Å². The number of aliphatic hydroxyl groups excluding tert-OH is 2. The van der Waals surface area contributed by atoms with Crippen LogP contribution in [0.2, 0.25) is 0 Å². The number of alkyl halides is 2. The molecule has 0 radical (unpaired) electrons. The number of hydrogen-bond acceptors (Lipinski definition) is 12. The number of ether oxygens (including phenoxy) is 2. The molecule has 4 atom stereocenters. The lowest BCUT2D eigenvalue weighted by atomic mass is 10.0. The predicted octanol–water partition coefficient (Wildman–Crippen LogP) is 4.78. The molecule has 20 heteroatoms. The molecule has 0 aromatic heterocycles. The minimum absolute atomic E-state index is 0.165. The third-order valence-electron chi connectivity index (χ3n) is 9.87. The zero-order valence-electron chi connectivity index (χ0n) is 39.1. The topological polar surface area (TPSA) is 268 Å². The number of hydrogen-bond donors (Lipinski definition) is 8. The highest BCUT2D eigenvalue weighted by Crippen LogP contribution is 2.20. The van der Waals surface area contributed by atoms with E-state index in [1.807, 2.05) is 32.0 Å². The first-order valence-electron chi connectivity index (χ1n) is 21.8. The quantitative estimate of drug-likeness (QED) is 0.0360. The molecule has 0 unspecified atom stereocenters. The maximum absolute atomic E-state index is 12.8. The molecule has 66 heavy (non-hydrogen) atoms. The van der Waals surface area contributed by atoms with E-state index in [1.165, 1.54) is 21.1 Å². The fraction of sp³-hybridized carbons (Fsp3) is 0.565. The Morgan fingerprint density at radius 1 is 0.485 bits per heavy atom. The van der Waals surface area contributed by atoms with E-state index in [9.17, 15) is 48.6 Å². The van der Waals surface area contributed by atoms with Crippen molar-refractivity contribution in [2.75, 3.05) is 24.9 Å². The van der Waals surface area contributed by atoms with E-state index in [-0.39, 0.29) is 80.4 Å². The SMILES string of the molecule is COC(=O)CCCCC(=O)N[C@H](C(=O)N[C@@H](C)C(=O)Nc1cc(CBr)cc(CBr)c1)C(C)C.COC(=O)CCCCC(=O)N[C@H](C(=O)N[C@@H](C)C(=O)Nc1cc(CO)cc(CO)c1)C(C)C. The third kappa shape index (κ3) is 23.0. The molecule has 18 nitrogen and oxygen atoms in total. The highest BCUT2D eigenvalue weighted by molar-refractivity contribution is 9.08. The molecule has 8 N–H and O–H groups in total. The number of amides is 6. The molecular formula is C46H68Br2N6O12. The molecule has 0 aliphatic carbocycles. The lowest BCUT2D eigenvalue weighted by Crippen LogP contribution is -2.53. The fourth-order valence-corrected chi connectivity index (χ4v) is 6.77. The number of esters is 2. The monoisotopic (exact) mass is 1050 g/mol. The number of anilines is 2. The Labute approximate surface area is 404 Å². The summed E-state index contributed by atoms with van der Waals surface area (Å²) in [5, 5.41) is 36.2. The highest BCUT2D eigenvalue weighted by atomic mass is 79.9. The molecule has 0 aliphatic heterocycles. The van der Waals surface area contributed by atoms with Gasteiger partial charge in [0.25, 0.3) is 0 Å². The molecule has 0 saturated heterocycles. The van der Waals surface area contributed by atoms with Crippen molar-refractivity contribution >= 4 is 90.6 Å². The van der Waals surface area contributed by atoms with Crippen LogP contribution in [0.25, 0.3) is 0 Å². The first-order chi connectivity index (χ1) is 31.2. The minimum atomic E-state index is -0.897. The van der Waals surface area contributed by atoms with Gasteiger partial charge in [-0.2, -0.15) is 0 Å². The largest absolute Gasteiger partial charge is 0.469 e. The van der Waals surface area contributed by atoms with Crippen LogP contribution in [0.3, 0.4) is 0 Å². The Kier molecular flexibility index (Phi) is 28.6. The molecule has 0 fully saturated rings. The van der Waals surface area contributed by atoms with E-state index >= 15 is 0 Å². The van der Waals surface area contributed by atoms with Crippen molar-refractivity contribution in [3.63, 3.8) is 0 Å². The van der Waals surface area contributed by atoms with E-state index in [1.54, 1.807) is 39.0 Å². The van der Waals surface area contributed by atoms with Crippen LogP contribution in [0.15, 0.2) is 36.4 Å². The van der Waals surface area contributed by atoms with Crippen molar-refractivity contribution < 1.29 is 58.0 Å². The summed E-state index contributed by atoms with van der Waals surface area (Å²) in [6.45, 7) is 9.82. The van der Waals surface area contributed by atoms with Crippen LogP contribution in [0.5, 0.6) is 0 Å². The van der Waals surface area contributed by atoms with Crippen LogP contribution in [-0.4, -0.2) is 96.0 Å². The zero-order chi connectivity index (χ0) is 49.9. The lowest BCUT2D eigenvalue weighted by Gasteiger charge is -2.24. The van der Waals surface area contributed by atoms with Crippen LogP contribution < -0.4 is 31.9 Å². The molecule has 2 aromatic rings. The summed E-state index contributed by atoms with van der Waals surface area (Å²) in [5.74, 6) is -3.39. The number of benzene rings is 2. The van der Waals surface area contributed by atoms with E-state index in [4.69, 9.17) is 0 Å². The molecule has 2 aromatic carbocycles. The van der Waals surface area contributed by atoms with Crippen molar-refractivity contribution in [1.82, 2.24) is 21.3 Å². The first-order valence-corrected chi connectivity index (χ1v) is 24.0. The number of carbonyl (C=O) groups excluding carboxylic acids is 8. The van der Waals surface area contributed by atoms with Crippen LogP contribution in [0.1, 0.15) is 115 Å². The van der Waals surface area contributed by atoms with E-state index in [0.717, 1.165) is 11.1 Å². The second-order valence-corrected chi connectivity index (χ2v) is 17.4. The number of methoxy groups -OCH3 is 2.